The fraction of sp³-hybridized carbons (Fsp3) is 0.500. The molecule has 4 rings (SSSR count). The number of hydrogen-bond acceptors (Lipinski definition) is 8. The third-order valence-corrected chi connectivity index (χ3v) is 5.63. The molecule has 1 aromatic carbocycles. The van der Waals surface area contributed by atoms with Crippen molar-refractivity contribution in [2.24, 2.45) is 0 Å². The molecule has 1 unspecified atom stereocenters. The second kappa shape index (κ2) is 8.71. The van der Waals surface area contributed by atoms with Gasteiger partial charge in [-0.25, -0.2) is 4.98 Å². The molecule has 9 nitrogen and oxygen atoms in total. The molecule has 0 saturated carbocycles. The highest BCUT2D eigenvalue weighted by molar-refractivity contribution is 5.44. The lowest BCUT2D eigenvalue weighted by Gasteiger charge is -2.29. The molecule has 2 aliphatic rings. The van der Waals surface area contributed by atoms with E-state index in [9.17, 15) is 10.1 Å². The van der Waals surface area contributed by atoms with E-state index in [4.69, 9.17) is 9.72 Å². The van der Waals surface area contributed by atoms with Crippen molar-refractivity contribution in [3.05, 3.63) is 52.2 Å². The lowest BCUT2D eigenvalue weighted by Crippen LogP contribution is -2.38. The van der Waals surface area contributed by atoms with Gasteiger partial charge in [-0.15, -0.1) is 0 Å². The number of nitro groups is 1. The van der Waals surface area contributed by atoms with Crippen molar-refractivity contribution >= 4 is 17.5 Å². The molecule has 2 aliphatic heterocycles. The van der Waals surface area contributed by atoms with E-state index in [1.807, 2.05) is 24.4 Å². The van der Waals surface area contributed by atoms with Crippen LogP contribution in [0.5, 0.6) is 0 Å². The molecule has 0 aliphatic carbocycles. The smallest absolute Gasteiger partial charge is 0.269 e. The second-order valence-corrected chi connectivity index (χ2v) is 7.53. The summed E-state index contributed by atoms with van der Waals surface area (Å²) in [5.41, 5.74) is 1.23. The Labute approximate surface area is 170 Å². The minimum Gasteiger partial charge on any atom is -0.378 e. The number of ether oxygens (including phenoxy) is 1. The topological polar surface area (TPSA) is 87.9 Å². The van der Waals surface area contributed by atoms with E-state index in [-0.39, 0.29) is 10.6 Å². The van der Waals surface area contributed by atoms with E-state index in [1.165, 1.54) is 0 Å². The third-order valence-electron chi connectivity index (χ3n) is 5.63. The van der Waals surface area contributed by atoms with E-state index in [0.29, 0.717) is 19.3 Å². The molecule has 0 amide bonds. The first-order valence-electron chi connectivity index (χ1n) is 9.94. The number of nitrogens with zero attached hydrogens (tertiary/aromatic N) is 6. The molecule has 0 N–H and O–H groups in total. The molecule has 9 heteroatoms. The maximum atomic E-state index is 10.8. The number of rotatable bonds is 6. The Bertz CT molecular complexity index is 840. The van der Waals surface area contributed by atoms with Gasteiger partial charge in [0.15, 0.2) is 0 Å². The first kappa shape index (κ1) is 19.5. The standard InChI is InChI=1S/C20H26N6O3/c1-23(19-6-8-21-20(22-19)25-10-12-29-13-11-25)18-7-9-24(15-18)14-16-2-4-17(5-3-16)26(27)28/h2-6,8,18H,7,9-15H2,1H3. The number of hydrogen-bond donors (Lipinski definition) is 0. The van der Waals surface area contributed by atoms with Crippen LogP contribution < -0.4 is 9.80 Å². The monoisotopic (exact) mass is 398 g/mol. The number of likely N-dealkylation sites (N-methyl/N-ethyl adjacent to an activating group) is 1. The number of aromatic nitrogens is 2. The van der Waals surface area contributed by atoms with Crippen LogP contribution in [0.3, 0.4) is 0 Å². The van der Waals surface area contributed by atoms with Gasteiger partial charge in [-0.2, -0.15) is 4.98 Å². The minimum absolute atomic E-state index is 0.132. The number of anilines is 2. The minimum atomic E-state index is -0.364. The maximum Gasteiger partial charge on any atom is 0.269 e. The zero-order valence-electron chi connectivity index (χ0n) is 16.6. The van der Waals surface area contributed by atoms with Gasteiger partial charge in [0.25, 0.3) is 5.69 Å². The van der Waals surface area contributed by atoms with Crippen molar-refractivity contribution in [1.29, 1.82) is 0 Å². The molecule has 2 aromatic rings. The summed E-state index contributed by atoms with van der Waals surface area (Å²) in [6.45, 7) is 5.79. The van der Waals surface area contributed by atoms with Crippen LogP contribution >= 0.6 is 0 Å². The van der Waals surface area contributed by atoms with Gasteiger partial charge >= 0.3 is 0 Å². The van der Waals surface area contributed by atoms with Crippen molar-refractivity contribution in [2.75, 3.05) is 56.2 Å². The number of morpholine rings is 1. The molecule has 0 radical (unpaired) electrons. The first-order valence-corrected chi connectivity index (χ1v) is 9.94. The normalized spacial score (nSPS) is 20.0. The molecule has 154 valence electrons. The van der Waals surface area contributed by atoms with E-state index >= 15 is 0 Å². The van der Waals surface area contributed by atoms with Crippen LogP contribution in [-0.4, -0.2) is 72.3 Å². The van der Waals surface area contributed by atoms with Gasteiger partial charge in [0, 0.05) is 64.1 Å². The number of non-ortho nitro benzene ring substituents is 1. The van der Waals surface area contributed by atoms with Gasteiger partial charge in [0.1, 0.15) is 5.82 Å². The zero-order chi connectivity index (χ0) is 20.2. The number of nitro benzene ring substituents is 1. The Morgan fingerprint density at radius 1 is 1.21 bits per heavy atom. The van der Waals surface area contributed by atoms with Crippen molar-refractivity contribution in [3.63, 3.8) is 0 Å². The highest BCUT2D eigenvalue weighted by atomic mass is 16.6. The molecule has 29 heavy (non-hydrogen) atoms. The predicted octanol–water partition coefficient (Wildman–Crippen LogP) is 1.93. The molecule has 2 saturated heterocycles. The predicted molar refractivity (Wildman–Crippen MR) is 110 cm³/mol. The molecule has 1 aromatic heterocycles. The van der Waals surface area contributed by atoms with Crippen LogP contribution in [0.4, 0.5) is 17.5 Å². The Balaban J connectivity index is 1.36. The Hall–Kier alpha value is -2.78. The molecule has 1 atom stereocenters. The summed E-state index contributed by atoms with van der Waals surface area (Å²) in [7, 11) is 2.09. The van der Waals surface area contributed by atoms with Gasteiger partial charge in [-0.1, -0.05) is 12.1 Å². The zero-order valence-corrected chi connectivity index (χ0v) is 16.6. The quantitative estimate of drug-likeness (QED) is 0.539. The Morgan fingerprint density at radius 2 is 1.97 bits per heavy atom. The molecule has 2 fully saturated rings. The average molecular weight is 398 g/mol. The summed E-state index contributed by atoms with van der Waals surface area (Å²) in [5.74, 6) is 1.70. The van der Waals surface area contributed by atoms with Gasteiger partial charge in [0.05, 0.1) is 18.1 Å². The van der Waals surface area contributed by atoms with Crippen LogP contribution in [0.1, 0.15) is 12.0 Å². The van der Waals surface area contributed by atoms with Gasteiger partial charge < -0.3 is 14.5 Å². The van der Waals surface area contributed by atoms with Crippen molar-refractivity contribution in [2.45, 2.75) is 19.0 Å². The highest BCUT2D eigenvalue weighted by Crippen LogP contribution is 2.23. The third kappa shape index (κ3) is 4.63. The van der Waals surface area contributed by atoms with Crippen molar-refractivity contribution < 1.29 is 9.66 Å². The lowest BCUT2D eigenvalue weighted by atomic mass is 10.2. The van der Waals surface area contributed by atoms with Crippen LogP contribution in [0, 0.1) is 10.1 Å². The Morgan fingerprint density at radius 3 is 2.69 bits per heavy atom. The van der Waals surface area contributed by atoms with Crippen molar-refractivity contribution in [3.8, 4) is 0 Å². The molecular formula is C20H26N6O3. The maximum absolute atomic E-state index is 10.8. The summed E-state index contributed by atoms with van der Waals surface area (Å²) < 4.78 is 5.41. The van der Waals surface area contributed by atoms with E-state index < -0.39 is 0 Å². The van der Waals surface area contributed by atoms with Gasteiger partial charge in [-0.3, -0.25) is 15.0 Å². The largest absolute Gasteiger partial charge is 0.378 e. The van der Waals surface area contributed by atoms with Crippen LogP contribution in [-0.2, 0) is 11.3 Å². The fourth-order valence-corrected chi connectivity index (χ4v) is 3.89. The summed E-state index contributed by atoms with van der Waals surface area (Å²) in [5, 5.41) is 10.8. The lowest BCUT2D eigenvalue weighted by molar-refractivity contribution is -0.384. The second-order valence-electron chi connectivity index (χ2n) is 7.53. The van der Waals surface area contributed by atoms with Crippen LogP contribution in [0.15, 0.2) is 36.5 Å². The average Bonchev–Trinajstić information content (AvgIpc) is 3.23. The van der Waals surface area contributed by atoms with Gasteiger partial charge in [-0.05, 0) is 18.1 Å². The molecule has 0 spiro atoms. The van der Waals surface area contributed by atoms with E-state index in [1.54, 1.807) is 12.1 Å². The molecule has 0 bridgehead atoms. The number of likely N-dealkylation sites (tertiary alicyclic amines) is 1. The van der Waals surface area contributed by atoms with Crippen LogP contribution in [0.2, 0.25) is 0 Å². The van der Waals surface area contributed by atoms with Crippen molar-refractivity contribution in [1.82, 2.24) is 14.9 Å². The SMILES string of the molecule is CN(c1ccnc(N2CCOCC2)n1)C1CCN(Cc2ccc([N+](=O)[O-])cc2)C1. The summed E-state index contributed by atoms with van der Waals surface area (Å²) in [6.07, 6.45) is 2.88. The fourth-order valence-electron chi connectivity index (χ4n) is 3.89. The summed E-state index contributed by atoms with van der Waals surface area (Å²) in [6, 6.07) is 9.16. The summed E-state index contributed by atoms with van der Waals surface area (Å²) in [4.78, 5) is 26.4. The highest BCUT2D eigenvalue weighted by Gasteiger charge is 2.27. The summed E-state index contributed by atoms with van der Waals surface area (Å²) >= 11 is 0. The molecular weight excluding hydrogens is 372 g/mol. The number of benzene rings is 1. The first-order chi connectivity index (χ1) is 14.1. The Kier molecular flexibility index (Phi) is 5.86. The van der Waals surface area contributed by atoms with Crippen LogP contribution in [0.25, 0.3) is 0 Å². The van der Waals surface area contributed by atoms with E-state index in [2.05, 4.69) is 26.7 Å². The van der Waals surface area contributed by atoms with Gasteiger partial charge in [0.2, 0.25) is 5.95 Å². The molecule has 3 heterocycles. The van der Waals surface area contributed by atoms with E-state index in [0.717, 1.165) is 56.5 Å².